The van der Waals surface area contributed by atoms with Gasteiger partial charge in [-0.1, -0.05) is 50.1 Å². The van der Waals surface area contributed by atoms with Gasteiger partial charge in [0.15, 0.2) is 0 Å². The van der Waals surface area contributed by atoms with Crippen molar-refractivity contribution in [2.75, 3.05) is 6.54 Å². The number of rotatable bonds is 4. The van der Waals surface area contributed by atoms with Crippen molar-refractivity contribution in [2.24, 2.45) is 0 Å². The normalized spacial score (nSPS) is 20.3. The molecule has 1 aliphatic heterocycles. The molecule has 0 N–H and O–H groups in total. The maximum Gasteiger partial charge on any atom is 0.0445 e. The Kier molecular flexibility index (Phi) is 5.10. The van der Waals surface area contributed by atoms with Crippen LogP contribution < -0.4 is 0 Å². The Hall–Kier alpha value is -1.12. The highest BCUT2D eigenvalue weighted by atomic mass is 32.1. The van der Waals surface area contributed by atoms with E-state index in [0.717, 1.165) is 13.0 Å². The van der Waals surface area contributed by atoms with E-state index in [9.17, 15) is 0 Å². The Balaban J connectivity index is 1.76. The summed E-state index contributed by atoms with van der Waals surface area (Å²) in [6.45, 7) is 4.54. The third-order valence-corrected chi connectivity index (χ3v) is 5.53. The Labute approximate surface area is 132 Å². The van der Waals surface area contributed by atoms with E-state index in [4.69, 9.17) is 0 Å². The Morgan fingerprint density at radius 3 is 2.57 bits per heavy atom. The van der Waals surface area contributed by atoms with Crippen LogP contribution in [0.15, 0.2) is 41.8 Å². The fraction of sp³-hybridized carbons (Fsp3) is 0.474. The number of thiophene rings is 1. The van der Waals surface area contributed by atoms with Crippen molar-refractivity contribution >= 4 is 11.3 Å². The minimum absolute atomic E-state index is 0.623. The molecule has 3 rings (SSSR count). The summed E-state index contributed by atoms with van der Waals surface area (Å²) in [5.41, 5.74) is 2.89. The average Bonchev–Trinajstić information content (AvgIpc) is 2.96. The van der Waals surface area contributed by atoms with Crippen LogP contribution in [0, 0.1) is 0 Å². The second-order valence-corrected chi connectivity index (χ2v) is 7.00. The standard InChI is InChI=1S/C19H25NS/c1-2-16-9-11-17(12-10-16)15-20-13-5-3-4-7-18(20)19-8-6-14-21-19/h6,8-12,14,18H,2-5,7,13,15H2,1H3/t18-/m0/s1. The number of nitrogens with zero attached hydrogens (tertiary/aromatic N) is 1. The highest BCUT2D eigenvalue weighted by Gasteiger charge is 2.23. The molecule has 1 nitrogen and oxygen atoms in total. The highest BCUT2D eigenvalue weighted by Crippen LogP contribution is 2.33. The average molecular weight is 299 g/mol. The third-order valence-electron chi connectivity index (χ3n) is 4.55. The maximum atomic E-state index is 2.69. The van der Waals surface area contributed by atoms with Crippen molar-refractivity contribution in [2.45, 2.75) is 51.6 Å². The molecule has 0 unspecified atom stereocenters. The highest BCUT2D eigenvalue weighted by molar-refractivity contribution is 7.10. The molecule has 0 radical (unpaired) electrons. The van der Waals surface area contributed by atoms with E-state index < -0.39 is 0 Å². The van der Waals surface area contributed by atoms with E-state index in [1.807, 2.05) is 11.3 Å². The summed E-state index contributed by atoms with van der Waals surface area (Å²) >= 11 is 1.92. The number of likely N-dealkylation sites (tertiary alicyclic amines) is 1. The predicted molar refractivity (Wildman–Crippen MR) is 91.8 cm³/mol. The summed E-state index contributed by atoms with van der Waals surface area (Å²) in [5, 5.41) is 2.22. The number of benzene rings is 1. The van der Waals surface area contributed by atoms with E-state index in [1.54, 1.807) is 4.88 Å². The molecule has 1 aromatic heterocycles. The summed E-state index contributed by atoms with van der Waals surface area (Å²) in [7, 11) is 0. The Bertz CT molecular complexity index is 529. The molecule has 2 heterocycles. The van der Waals surface area contributed by atoms with Gasteiger partial charge in [-0.2, -0.15) is 0 Å². The molecule has 0 amide bonds. The zero-order valence-electron chi connectivity index (χ0n) is 12.9. The predicted octanol–water partition coefficient (Wildman–Crippen LogP) is 5.43. The van der Waals surface area contributed by atoms with Crippen LogP contribution in [-0.4, -0.2) is 11.4 Å². The van der Waals surface area contributed by atoms with Gasteiger partial charge in [-0.05, 0) is 48.4 Å². The first kappa shape index (κ1) is 14.8. The molecule has 21 heavy (non-hydrogen) atoms. The molecular weight excluding hydrogens is 274 g/mol. The molecule has 1 aliphatic rings. The van der Waals surface area contributed by atoms with Crippen molar-refractivity contribution in [3.05, 3.63) is 57.8 Å². The lowest BCUT2D eigenvalue weighted by Crippen LogP contribution is -2.27. The minimum Gasteiger partial charge on any atom is -0.291 e. The van der Waals surface area contributed by atoms with Crippen LogP contribution >= 0.6 is 11.3 Å². The summed E-state index contributed by atoms with van der Waals surface area (Å²) in [5.74, 6) is 0. The first-order valence-electron chi connectivity index (χ1n) is 8.22. The van der Waals surface area contributed by atoms with Gasteiger partial charge in [0.05, 0.1) is 0 Å². The van der Waals surface area contributed by atoms with E-state index >= 15 is 0 Å². The molecule has 0 saturated carbocycles. The monoisotopic (exact) mass is 299 g/mol. The molecule has 0 bridgehead atoms. The number of aryl methyl sites for hydroxylation is 1. The van der Waals surface area contributed by atoms with Gasteiger partial charge in [0.25, 0.3) is 0 Å². The molecule has 112 valence electrons. The molecule has 0 spiro atoms. The SMILES string of the molecule is CCc1ccc(CN2CCCCC[C@H]2c2cccs2)cc1. The van der Waals surface area contributed by atoms with Crippen LogP contribution in [0.1, 0.15) is 54.7 Å². The lowest BCUT2D eigenvalue weighted by atomic mass is 10.1. The molecular formula is C19H25NS. The summed E-state index contributed by atoms with van der Waals surface area (Å²) in [4.78, 5) is 4.24. The Morgan fingerprint density at radius 1 is 1.05 bits per heavy atom. The van der Waals surface area contributed by atoms with E-state index in [-0.39, 0.29) is 0 Å². The topological polar surface area (TPSA) is 3.24 Å². The van der Waals surface area contributed by atoms with Crippen LogP contribution in [0.5, 0.6) is 0 Å². The van der Waals surface area contributed by atoms with Crippen molar-refractivity contribution in [3.8, 4) is 0 Å². The van der Waals surface area contributed by atoms with E-state index in [2.05, 4.69) is 53.6 Å². The molecule has 1 fully saturated rings. The quantitative estimate of drug-likeness (QED) is 0.728. The Morgan fingerprint density at radius 2 is 1.86 bits per heavy atom. The molecule has 2 heteroatoms. The number of hydrogen-bond acceptors (Lipinski definition) is 2. The van der Waals surface area contributed by atoms with Gasteiger partial charge in [0.1, 0.15) is 0 Å². The molecule has 1 aromatic carbocycles. The van der Waals surface area contributed by atoms with Gasteiger partial charge < -0.3 is 0 Å². The fourth-order valence-electron chi connectivity index (χ4n) is 3.27. The van der Waals surface area contributed by atoms with Crippen molar-refractivity contribution in [3.63, 3.8) is 0 Å². The molecule has 1 atom stereocenters. The molecule has 1 saturated heterocycles. The smallest absolute Gasteiger partial charge is 0.0445 e. The lowest BCUT2D eigenvalue weighted by Gasteiger charge is -2.29. The van der Waals surface area contributed by atoms with Crippen LogP contribution in [-0.2, 0) is 13.0 Å². The zero-order valence-corrected chi connectivity index (χ0v) is 13.7. The van der Waals surface area contributed by atoms with E-state index in [1.165, 1.54) is 43.4 Å². The summed E-state index contributed by atoms with van der Waals surface area (Å²) < 4.78 is 0. The van der Waals surface area contributed by atoms with Crippen molar-refractivity contribution in [1.82, 2.24) is 4.90 Å². The fourth-order valence-corrected chi connectivity index (χ4v) is 4.17. The zero-order chi connectivity index (χ0) is 14.5. The largest absolute Gasteiger partial charge is 0.291 e. The van der Waals surface area contributed by atoms with E-state index in [0.29, 0.717) is 6.04 Å². The van der Waals surface area contributed by atoms with Crippen LogP contribution in [0.3, 0.4) is 0 Å². The summed E-state index contributed by atoms with van der Waals surface area (Å²) in [6.07, 6.45) is 6.53. The first-order valence-corrected chi connectivity index (χ1v) is 9.10. The van der Waals surface area contributed by atoms with Gasteiger partial charge in [-0.3, -0.25) is 4.90 Å². The maximum absolute atomic E-state index is 2.69. The lowest BCUT2D eigenvalue weighted by molar-refractivity contribution is 0.195. The van der Waals surface area contributed by atoms with Gasteiger partial charge in [-0.25, -0.2) is 0 Å². The summed E-state index contributed by atoms with van der Waals surface area (Å²) in [6, 6.07) is 14.3. The van der Waals surface area contributed by atoms with Gasteiger partial charge in [0, 0.05) is 17.5 Å². The van der Waals surface area contributed by atoms with Crippen LogP contribution in [0.2, 0.25) is 0 Å². The van der Waals surface area contributed by atoms with Gasteiger partial charge in [0.2, 0.25) is 0 Å². The second kappa shape index (κ2) is 7.24. The molecule has 0 aliphatic carbocycles. The van der Waals surface area contributed by atoms with Crippen molar-refractivity contribution < 1.29 is 0 Å². The van der Waals surface area contributed by atoms with Gasteiger partial charge >= 0.3 is 0 Å². The minimum atomic E-state index is 0.623. The van der Waals surface area contributed by atoms with Crippen LogP contribution in [0.4, 0.5) is 0 Å². The van der Waals surface area contributed by atoms with Gasteiger partial charge in [-0.15, -0.1) is 11.3 Å². The molecule has 2 aromatic rings. The van der Waals surface area contributed by atoms with Crippen LogP contribution in [0.25, 0.3) is 0 Å². The first-order chi connectivity index (χ1) is 10.4. The third kappa shape index (κ3) is 3.75. The van der Waals surface area contributed by atoms with Crippen molar-refractivity contribution in [1.29, 1.82) is 0 Å². The number of hydrogen-bond donors (Lipinski definition) is 0. The second-order valence-electron chi connectivity index (χ2n) is 6.02.